The van der Waals surface area contributed by atoms with E-state index in [-0.39, 0.29) is 55.5 Å². The van der Waals surface area contributed by atoms with E-state index in [1.165, 1.54) is 4.90 Å². The van der Waals surface area contributed by atoms with Gasteiger partial charge in [-0.3, -0.25) is 14.4 Å². The molecule has 6 rings (SSSR count). The molecule has 3 aliphatic heterocycles. The molecule has 0 radical (unpaired) electrons. The first kappa shape index (κ1) is 29.2. The van der Waals surface area contributed by atoms with Crippen LogP contribution in [0.5, 0.6) is 0 Å². The second-order valence-electron chi connectivity index (χ2n) is 11.1. The Morgan fingerprint density at radius 3 is 2.53 bits per heavy atom. The van der Waals surface area contributed by atoms with Crippen LogP contribution in [0.4, 0.5) is 5.69 Å². The molecule has 224 valence electrons. The van der Waals surface area contributed by atoms with Crippen LogP contribution in [-0.2, 0) is 25.8 Å². The number of aliphatic hydroxyl groups is 1. The third kappa shape index (κ3) is 4.68. The highest BCUT2D eigenvalue weighted by molar-refractivity contribution is 9.09. The van der Waals surface area contributed by atoms with Crippen LogP contribution >= 0.6 is 15.9 Å². The molecule has 11 nitrogen and oxygen atoms in total. The molecule has 3 aliphatic rings. The lowest BCUT2D eigenvalue weighted by atomic mass is 9.70. The number of ether oxygens (including phenoxy) is 1. The summed E-state index contributed by atoms with van der Waals surface area (Å²) in [6.07, 6.45) is 2.99. The molecule has 3 fully saturated rings. The fraction of sp³-hybridized carbons (Fsp3) is 0.387. The minimum atomic E-state index is -1.26. The van der Waals surface area contributed by atoms with Crippen molar-refractivity contribution >= 4 is 50.4 Å². The lowest BCUT2D eigenvalue weighted by molar-refractivity contribution is -0.149. The van der Waals surface area contributed by atoms with Crippen LogP contribution in [0, 0.1) is 11.8 Å². The summed E-state index contributed by atoms with van der Waals surface area (Å²) in [4.78, 5) is 47.3. The normalized spacial score (nSPS) is 27.3. The van der Waals surface area contributed by atoms with E-state index in [1.54, 1.807) is 26.6 Å². The molecule has 0 saturated carbocycles. The number of carbonyl (C=O) groups excluding carboxylic acids is 3. The van der Waals surface area contributed by atoms with Crippen LogP contribution in [0.1, 0.15) is 6.42 Å². The van der Waals surface area contributed by atoms with Crippen LogP contribution in [-0.4, -0.2) is 96.4 Å². The summed E-state index contributed by atoms with van der Waals surface area (Å²) in [7, 11) is 0. The van der Waals surface area contributed by atoms with Gasteiger partial charge in [-0.15, -0.1) is 18.3 Å². The fourth-order valence-electron chi connectivity index (χ4n) is 7.01. The van der Waals surface area contributed by atoms with Crippen molar-refractivity contribution in [3.63, 3.8) is 0 Å². The van der Waals surface area contributed by atoms with E-state index < -0.39 is 29.6 Å². The smallest absolute Gasteiger partial charge is 0.250 e. The number of hydrogen-bond donors (Lipinski definition) is 1. The van der Waals surface area contributed by atoms with Gasteiger partial charge in [-0.1, -0.05) is 63.6 Å². The number of rotatable bonds is 11. The number of likely N-dealkylation sites (tertiary alicyclic amines) is 1. The quantitative estimate of drug-likeness (QED) is 0.250. The van der Waals surface area contributed by atoms with Crippen molar-refractivity contribution in [3.05, 3.63) is 79.9 Å². The maximum atomic E-state index is 14.5. The van der Waals surface area contributed by atoms with Crippen LogP contribution in [0.2, 0.25) is 0 Å². The Morgan fingerprint density at radius 2 is 1.81 bits per heavy atom. The number of aliphatic hydroxyl groups excluding tert-OH is 1. The monoisotopic (exact) mass is 648 g/mol. The number of anilines is 1. The molecular weight excluding hydrogens is 616 g/mol. The first-order valence-electron chi connectivity index (χ1n) is 14.2. The zero-order valence-electron chi connectivity index (χ0n) is 23.5. The largest absolute Gasteiger partial charge is 0.395 e. The molecule has 1 spiro atoms. The highest BCUT2D eigenvalue weighted by atomic mass is 79.9. The number of carbonyl (C=O) groups is 3. The number of benzene rings is 2. The van der Waals surface area contributed by atoms with Crippen LogP contribution in [0.3, 0.4) is 0 Å². The lowest BCUT2D eigenvalue weighted by Crippen LogP contribution is -2.57. The summed E-state index contributed by atoms with van der Waals surface area (Å²) >= 11 is 3.72. The minimum Gasteiger partial charge on any atom is -0.395 e. The van der Waals surface area contributed by atoms with Crippen molar-refractivity contribution in [3.8, 4) is 0 Å². The lowest BCUT2D eigenvalue weighted by Gasteiger charge is -2.37. The molecule has 6 atom stereocenters. The number of alkyl halides is 1. The number of β-amino-alcohol motifs (C(OH)–C–C–N with tert-alkyl or cyclic N) is 1. The highest BCUT2D eigenvalue weighted by Gasteiger charge is 2.76. The molecule has 3 aromatic rings. The first-order chi connectivity index (χ1) is 20.9. The van der Waals surface area contributed by atoms with Gasteiger partial charge in [-0.2, -0.15) is 0 Å². The van der Waals surface area contributed by atoms with Gasteiger partial charge in [-0.05, 0) is 30.7 Å². The van der Waals surface area contributed by atoms with Crippen molar-refractivity contribution in [2.75, 3.05) is 31.1 Å². The van der Waals surface area contributed by atoms with E-state index in [1.807, 2.05) is 54.6 Å². The Balaban J connectivity index is 1.38. The minimum absolute atomic E-state index is 0.0639. The molecule has 1 N–H and O–H groups in total. The standard InChI is InChI=1S/C31H33BrN6O5/c1-3-14-35(19-38-23-13-9-8-12-22(23)33-34-38)30(42)27-31-18-21(32)26(43-31)24(25(31)29(41)37(27)16-17-39)28(40)36(15-4-2)20-10-6-5-7-11-20/h3-13,21,24-27,39H,1-2,14-19H2/t21?,24-,25+,26-,27?,31?/m1/s1. The summed E-state index contributed by atoms with van der Waals surface area (Å²) in [5.74, 6) is -2.74. The molecule has 2 bridgehead atoms. The number of para-hydroxylation sites is 2. The SMILES string of the molecule is C=CCN(Cn1nnc2ccccc21)C(=O)C1N(CCO)C(=O)[C@@H]2[C@@H](C(=O)N(CC=C)c3ccccc3)[C@@H]3OC12CC3Br. The summed E-state index contributed by atoms with van der Waals surface area (Å²) in [6, 6.07) is 15.6. The Morgan fingerprint density at radius 1 is 1.09 bits per heavy atom. The average molecular weight is 650 g/mol. The van der Waals surface area contributed by atoms with Gasteiger partial charge in [0.2, 0.25) is 17.7 Å². The van der Waals surface area contributed by atoms with Gasteiger partial charge in [0.1, 0.15) is 23.8 Å². The Hall–Kier alpha value is -3.87. The third-order valence-electron chi connectivity index (χ3n) is 8.68. The molecule has 43 heavy (non-hydrogen) atoms. The van der Waals surface area contributed by atoms with Gasteiger partial charge < -0.3 is 24.5 Å². The van der Waals surface area contributed by atoms with E-state index in [9.17, 15) is 19.5 Å². The number of nitrogens with zero attached hydrogens (tertiary/aromatic N) is 6. The Labute approximate surface area is 257 Å². The second-order valence-corrected chi connectivity index (χ2v) is 12.2. The van der Waals surface area contributed by atoms with E-state index in [0.29, 0.717) is 17.6 Å². The average Bonchev–Trinajstić information content (AvgIpc) is 3.73. The van der Waals surface area contributed by atoms with Crippen LogP contribution < -0.4 is 4.90 Å². The van der Waals surface area contributed by atoms with Gasteiger partial charge in [0.25, 0.3) is 0 Å². The zero-order valence-corrected chi connectivity index (χ0v) is 25.1. The topological polar surface area (TPSA) is 121 Å². The van der Waals surface area contributed by atoms with Crippen molar-refractivity contribution in [1.29, 1.82) is 0 Å². The molecule has 3 saturated heterocycles. The van der Waals surface area contributed by atoms with Crippen LogP contribution in [0.25, 0.3) is 11.0 Å². The summed E-state index contributed by atoms with van der Waals surface area (Å²) in [6.45, 7) is 7.74. The summed E-state index contributed by atoms with van der Waals surface area (Å²) < 4.78 is 8.26. The predicted octanol–water partition coefficient (Wildman–Crippen LogP) is 2.36. The molecule has 4 heterocycles. The van der Waals surface area contributed by atoms with Crippen molar-refractivity contribution in [2.24, 2.45) is 11.8 Å². The number of aromatic nitrogens is 3. The van der Waals surface area contributed by atoms with Gasteiger partial charge in [0.15, 0.2) is 0 Å². The van der Waals surface area contributed by atoms with Gasteiger partial charge in [0, 0.05) is 30.1 Å². The number of amides is 3. The predicted molar refractivity (Wildman–Crippen MR) is 163 cm³/mol. The van der Waals surface area contributed by atoms with E-state index in [0.717, 1.165) is 5.52 Å². The van der Waals surface area contributed by atoms with Gasteiger partial charge in [-0.25, -0.2) is 4.68 Å². The Bertz CT molecular complexity index is 1560. The van der Waals surface area contributed by atoms with Crippen molar-refractivity contribution < 1.29 is 24.2 Å². The maximum absolute atomic E-state index is 14.5. The van der Waals surface area contributed by atoms with Crippen molar-refractivity contribution in [2.45, 2.75) is 35.7 Å². The summed E-state index contributed by atoms with van der Waals surface area (Å²) in [5.41, 5.74) is 0.859. The molecular formula is C31H33BrN6O5. The van der Waals surface area contributed by atoms with E-state index >= 15 is 0 Å². The first-order valence-corrected chi connectivity index (χ1v) is 15.2. The number of hydrogen-bond acceptors (Lipinski definition) is 7. The molecule has 1 aromatic heterocycles. The van der Waals surface area contributed by atoms with Crippen LogP contribution in [0.15, 0.2) is 79.9 Å². The van der Waals surface area contributed by atoms with Gasteiger partial charge >= 0.3 is 0 Å². The molecule has 0 aliphatic carbocycles. The third-order valence-corrected chi connectivity index (χ3v) is 9.53. The van der Waals surface area contributed by atoms with E-state index in [2.05, 4.69) is 39.4 Å². The number of halogens is 1. The van der Waals surface area contributed by atoms with Crippen molar-refractivity contribution in [1.82, 2.24) is 24.8 Å². The highest BCUT2D eigenvalue weighted by Crippen LogP contribution is 2.60. The Kier molecular flexibility index (Phi) is 7.92. The maximum Gasteiger partial charge on any atom is 0.250 e. The fourth-order valence-corrected chi connectivity index (χ4v) is 7.95. The summed E-state index contributed by atoms with van der Waals surface area (Å²) in [5, 5.41) is 18.4. The molecule has 3 amide bonds. The molecule has 12 heteroatoms. The zero-order chi connectivity index (χ0) is 30.3. The number of fused-ring (bicyclic) bond motifs is 2. The van der Waals surface area contributed by atoms with Gasteiger partial charge in [0.05, 0.1) is 30.1 Å². The molecule has 2 aromatic carbocycles. The second kappa shape index (κ2) is 11.7. The molecule has 3 unspecified atom stereocenters. The van der Waals surface area contributed by atoms with E-state index in [4.69, 9.17) is 4.74 Å².